The lowest BCUT2D eigenvalue weighted by Crippen LogP contribution is -2.70. The van der Waals surface area contributed by atoms with Gasteiger partial charge in [0.25, 0.3) is 0 Å². The Morgan fingerprint density at radius 3 is 1.46 bits per heavy atom. The van der Waals surface area contributed by atoms with Crippen molar-refractivity contribution >= 4 is 5.91 Å². The van der Waals surface area contributed by atoms with E-state index in [1.807, 2.05) is 0 Å². The molecule has 23 nitrogen and oxygen atoms in total. The fourth-order valence-electron chi connectivity index (χ4n) is 6.98. The second-order valence-corrected chi connectivity index (χ2v) is 14.1. The lowest BCUT2D eigenvalue weighted by atomic mass is 9.94. The molecule has 4 aliphatic rings. The highest BCUT2D eigenvalue weighted by Crippen LogP contribution is 2.35. The molecular formula is C34H53NO22. The molecule has 0 aromatic heterocycles. The molecule has 4 saturated heterocycles. The first-order valence-electron chi connectivity index (χ1n) is 18.2. The molecule has 4 aliphatic heterocycles. The van der Waals surface area contributed by atoms with Crippen molar-refractivity contribution in [1.29, 1.82) is 0 Å². The van der Waals surface area contributed by atoms with Crippen LogP contribution in [0.3, 0.4) is 0 Å². The predicted molar refractivity (Wildman–Crippen MR) is 180 cm³/mol. The van der Waals surface area contributed by atoms with Crippen molar-refractivity contribution < 1.29 is 109 Å². The van der Waals surface area contributed by atoms with E-state index in [9.17, 15) is 71.2 Å². The molecule has 0 spiro atoms. The third-order valence-electron chi connectivity index (χ3n) is 10.2. The number of hydrogen-bond donors (Lipinski definition) is 14. The van der Waals surface area contributed by atoms with Gasteiger partial charge in [0, 0.05) is 6.92 Å². The Bertz CT molecular complexity index is 1390. The Hall–Kier alpha value is -2.15. The molecule has 0 aliphatic carbocycles. The van der Waals surface area contributed by atoms with Crippen molar-refractivity contribution in [1.82, 2.24) is 5.32 Å². The number of carbonyl (C=O) groups is 1. The van der Waals surface area contributed by atoms with Crippen LogP contribution in [0.1, 0.15) is 18.1 Å². The van der Waals surface area contributed by atoms with Gasteiger partial charge in [-0.15, -0.1) is 0 Å². The predicted octanol–water partition coefficient (Wildman–Crippen LogP) is -7.89. The maximum absolute atomic E-state index is 12.5. The zero-order valence-corrected chi connectivity index (χ0v) is 30.6. The average Bonchev–Trinajstić information content (AvgIpc) is 3.20. The average molecular weight is 828 g/mol. The van der Waals surface area contributed by atoms with Crippen LogP contribution in [0.4, 0.5) is 0 Å². The van der Waals surface area contributed by atoms with Gasteiger partial charge in [0.1, 0.15) is 97.6 Å². The summed E-state index contributed by atoms with van der Waals surface area (Å²) in [6, 6.07) is 4.89. The summed E-state index contributed by atoms with van der Waals surface area (Å²) < 4.78 is 46.4. The standard InChI is InChI=1S/C34H53NO22/c1-12(41)35-19-22(44)28(55-33-25(47)23(45)20(42)15(7-37)51-33)17(9-39)53-31(19)57-30-27(49)32(50-11-14-4-2-13(6-36)3-5-14)54-18(10-40)29(30)56-34-26(48)24(46)21(43)16(8-38)52-34/h2-5,15-34,36-40,42-49H,6-11H2,1H3,(H,35,41)/t15-,16-,17-,18-,19-,20+,21-,22-,23+,24+,25-,26-,27-,28-,29+,30-,31+,32-,33+,34+/m1/s1. The third-order valence-corrected chi connectivity index (χ3v) is 10.2. The van der Waals surface area contributed by atoms with Crippen LogP contribution in [0.25, 0.3) is 0 Å². The largest absolute Gasteiger partial charge is 0.394 e. The Kier molecular flexibility index (Phi) is 16.4. The normalized spacial score (nSPS) is 44.1. The van der Waals surface area contributed by atoms with Crippen LogP contribution >= 0.6 is 0 Å². The van der Waals surface area contributed by atoms with E-state index in [-0.39, 0.29) is 13.2 Å². The fourth-order valence-corrected chi connectivity index (χ4v) is 6.98. The SMILES string of the molecule is CC(=O)N[C@H]1[C@H](O[C@@H]2[C@@H](O)[C@H](OCc3ccc(CO)cc3)O[C@H](CO)[C@@H]2O[C@@H]2O[C@H](CO)[C@@H](O)[C@H](O)[C@H]2O)O[C@H](CO)[C@@H](O[C@@H]2O[C@H](CO)[C@H](O)[C@H](O)[C@H]2O)[C@@H]1O. The van der Waals surface area contributed by atoms with Crippen LogP contribution in [-0.4, -0.2) is 221 Å². The second kappa shape index (κ2) is 20.4. The summed E-state index contributed by atoms with van der Waals surface area (Å²) in [5.41, 5.74) is 1.18. The van der Waals surface area contributed by atoms with Gasteiger partial charge in [-0.3, -0.25) is 4.79 Å². The topological polar surface area (TPSA) is 366 Å². The van der Waals surface area contributed by atoms with E-state index in [4.69, 9.17) is 37.9 Å². The van der Waals surface area contributed by atoms with Gasteiger partial charge in [-0.2, -0.15) is 0 Å². The van der Waals surface area contributed by atoms with Crippen LogP contribution in [-0.2, 0) is 55.9 Å². The fraction of sp³-hybridized carbons (Fsp3) is 0.794. The Morgan fingerprint density at radius 2 is 0.965 bits per heavy atom. The van der Waals surface area contributed by atoms with Gasteiger partial charge in [-0.25, -0.2) is 0 Å². The van der Waals surface area contributed by atoms with Gasteiger partial charge in [-0.05, 0) is 11.1 Å². The van der Waals surface area contributed by atoms with Gasteiger partial charge < -0.3 is 110 Å². The molecule has 5 rings (SSSR count). The number of nitrogens with one attached hydrogen (secondary N) is 1. The maximum Gasteiger partial charge on any atom is 0.217 e. The van der Waals surface area contributed by atoms with E-state index in [2.05, 4.69) is 5.32 Å². The molecule has 1 aromatic rings. The summed E-state index contributed by atoms with van der Waals surface area (Å²) in [6.45, 7) is -2.75. The molecule has 20 atom stereocenters. The van der Waals surface area contributed by atoms with Crippen LogP contribution in [0.5, 0.6) is 0 Å². The van der Waals surface area contributed by atoms with Crippen molar-refractivity contribution in [2.75, 3.05) is 26.4 Å². The molecule has 4 heterocycles. The minimum absolute atomic E-state index is 0.187. The molecular weight excluding hydrogens is 774 g/mol. The van der Waals surface area contributed by atoms with E-state index < -0.39 is 155 Å². The number of ether oxygens (including phenoxy) is 8. The monoisotopic (exact) mass is 827 g/mol. The Morgan fingerprint density at radius 1 is 0.526 bits per heavy atom. The lowest BCUT2D eigenvalue weighted by Gasteiger charge is -2.50. The second-order valence-electron chi connectivity index (χ2n) is 14.1. The molecule has 1 amide bonds. The summed E-state index contributed by atoms with van der Waals surface area (Å²) in [7, 11) is 0. The quantitative estimate of drug-likeness (QED) is 0.0781. The highest BCUT2D eigenvalue weighted by molar-refractivity contribution is 5.73. The zero-order valence-electron chi connectivity index (χ0n) is 30.6. The smallest absolute Gasteiger partial charge is 0.217 e. The van der Waals surface area contributed by atoms with Gasteiger partial charge in [0.2, 0.25) is 5.91 Å². The van der Waals surface area contributed by atoms with Crippen LogP contribution < -0.4 is 5.32 Å². The van der Waals surface area contributed by atoms with Gasteiger partial charge in [-0.1, -0.05) is 24.3 Å². The number of benzene rings is 1. The molecule has 4 fully saturated rings. The molecule has 0 radical (unpaired) electrons. The summed E-state index contributed by atoms with van der Waals surface area (Å²) in [5.74, 6) is -0.756. The molecule has 1 aromatic carbocycles. The van der Waals surface area contributed by atoms with Crippen molar-refractivity contribution in [2.24, 2.45) is 0 Å². The van der Waals surface area contributed by atoms with Gasteiger partial charge in [0.15, 0.2) is 25.2 Å². The summed E-state index contributed by atoms with van der Waals surface area (Å²) in [4.78, 5) is 12.5. The third kappa shape index (κ3) is 10.2. The maximum atomic E-state index is 12.5. The highest BCUT2D eigenvalue weighted by Gasteiger charge is 2.56. The first-order valence-corrected chi connectivity index (χ1v) is 18.2. The first kappa shape index (κ1) is 45.9. The molecule has 326 valence electrons. The van der Waals surface area contributed by atoms with E-state index in [1.165, 1.54) is 0 Å². The van der Waals surface area contributed by atoms with Crippen molar-refractivity contribution in [3.8, 4) is 0 Å². The van der Waals surface area contributed by atoms with E-state index >= 15 is 0 Å². The van der Waals surface area contributed by atoms with Crippen LogP contribution in [0.2, 0.25) is 0 Å². The molecule has 0 saturated carbocycles. The number of aliphatic hydroxyl groups is 13. The molecule has 0 unspecified atom stereocenters. The minimum atomic E-state index is -1.96. The van der Waals surface area contributed by atoms with Gasteiger partial charge >= 0.3 is 0 Å². The summed E-state index contributed by atoms with van der Waals surface area (Å²) >= 11 is 0. The van der Waals surface area contributed by atoms with Gasteiger partial charge in [0.05, 0.1) is 39.6 Å². The Balaban J connectivity index is 1.44. The highest BCUT2D eigenvalue weighted by atomic mass is 16.8. The molecule has 23 heteroatoms. The molecule has 57 heavy (non-hydrogen) atoms. The van der Waals surface area contributed by atoms with Crippen molar-refractivity contribution in [2.45, 2.75) is 143 Å². The summed E-state index contributed by atoms with van der Waals surface area (Å²) in [5, 5.41) is 138. The molecule has 0 bridgehead atoms. The number of rotatable bonds is 15. The first-order chi connectivity index (χ1) is 27.2. The minimum Gasteiger partial charge on any atom is -0.394 e. The zero-order chi connectivity index (χ0) is 41.7. The van der Waals surface area contributed by atoms with Crippen LogP contribution in [0.15, 0.2) is 24.3 Å². The van der Waals surface area contributed by atoms with Crippen molar-refractivity contribution in [3.63, 3.8) is 0 Å². The number of aliphatic hydroxyl groups excluding tert-OH is 13. The summed E-state index contributed by atoms with van der Waals surface area (Å²) in [6.07, 6.45) is -33.1. The lowest BCUT2D eigenvalue weighted by molar-refractivity contribution is -0.388. The van der Waals surface area contributed by atoms with E-state index in [1.54, 1.807) is 24.3 Å². The van der Waals surface area contributed by atoms with E-state index in [0.717, 1.165) is 6.92 Å². The number of hydrogen-bond acceptors (Lipinski definition) is 22. The van der Waals surface area contributed by atoms with E-state index in [0.29, 0.717) is 11.1 Å². The molecule has 14 N–H and O–H groups in total. The Labute approximate surface area is 325 Å². The van der Waals surface area contributed by atoms with Crippen molar-refractivity contribution in [3.05, 3.63) is 35.4 Å². The number of carbonyl (C=O) groups excluding carboxylic acids is 1. The van der Waals surface area contributed by atoms with Crippen LogP contribution in [0, 0.1) is 0 Å². The number of amides is 1.